The molecule has 7 heteroatoms. The number of fused-ring (bicyclic) bond motifs is 2. The van der Waals surface area contributed by atoms with E-state index in [1.165, 1.54) is 12.1 Å². The Morgan fingerprint density at radius 1 is 0.941 bits per heavy atom. The van der Waals surface area contributed by atoms with Crippen molar-refractivity contribution in [2.75, 3.05) is 4.90 Å². The Kier molecular flexibility index (Phi) is 5.51. The van der Waals surface area contributed by atoms with Crippen molar-refractivity contribution in [1.82, 2.24) is 9.78 Å². The number of carboxylic acid groups (broad SMARTS) is 1. The van der Waals surface area contributed by atoms with Crippen molar-refractivity contribution in [2.45, 2.75) is 13.0 Å². The van der Waals surface area contributed by atoms with E-state index in [4.69, 9.17) is 0 Å². The fourth-order valence-electron chi connectivity index (χ4n) is 4.14. The molecule has 0 aliphatic carbocycles. The normalized spacial score (nSPS) is 11.1. The Morgan fingerprint density at radius 3 is 2.41 bits per heavy atom. The van der Waals surface area contributed by atoms with Crippen LogP contribution in [0.15, 0.2) is 84.9 Å². The summed E-state index contributed by atoms with van der Waals surface area (Å²) in [5.74, 6) is -1.46. The summed E-state index contributed by atoms with van der Waals surface area (Å²) >= 11 is 0. The fraction of sp³-hybridized carbons (Fsp3) is 0.0741. The lowest BCUT2D eigenvalue weighted by atomic mass is 10.1. The molecule has 168 valence electrons. The van der Waals surface area contributed by atoms with Gasteiger partial charge in [-0.05, 0) is 58.8 Å². The van der Waals surface area contributed by atoms with Crippen LogP contribution in [0.4, 0.5) is 15.8 Å². The molecular weight excluding hydrogens is 433 g/mol. The molecule has 0 saturated carbocycles. The molecule has 1 aromatic heterocycles. The molecule has 1 N–H and O–H groups in total. The molecule has 0 radical (unpaired) electrons. The summed E-state index contributed by atoms with van der Waals surface area (Å²) in [6.45, 7) is 0.374. The van der Waals surface area contributed by atoms with Crippen molar-refractivity contribution in [1.29, 1.82) is 0 Å². The highest BCUT2D eigenvalue weighted by Gasteiger charge is 2.15. The van der Waals surface area contributed by atoms with Gasteiger partial charge in [0.25, 0.3) is 0 Å². The summed E-state index contributed by atoms with van der Waals surface area (Å²) in [6.07, 6.45) is 0.499. The van der Waals surface area contributed by atoms with E-state index in [0.29, 0.717) is 28.8 Å². The number of hydrogen-bond acceptors (Lipinski definition) is 3. The lowest BCUT2D eigenvalue weighted by Crippen LogP contribution is -2.14. The van der Waals surface area contributed by atoms with E-state index in [9.17, 15) is 19.1 Å². The first-order chi connectivity index (χ1) is 16.5. The maximum Gasteiger partial charge on any atom is 0.309 e. The van der Waals surface area contributed by atoms with Gasteiger partial charge in [-0.2, -0.15) is 5.10 Å². The van der Waals surface area contributed by atoms with E-state index < -0.39 is 11.8 Å². The molecule has 6 nitrogen and oxygen atoms in total. The van der Waals surface area contributed by atoms with Gasteiger partial charge in [0.2, 0.25) is 6.41 Å². The van der Waals surface area contributed by atoms with E-state index in [1.54, 1.807) is 15.6 Å². The first-order valence-corrected chi connectivity index (χ1v) is 10.7. The highest BCUT2D eigenvalue weighted by Crippen LogP contribution is 2.28. The second-order valence-corrected chi connectivity index (χ2v) is 8.01. The molecule has 1 amide bonds. The zero-order chi connectivity index (χ0) is 23.7. The number of aromatic nitrogens is 2. The quantitative estimate of drug-likeness (QED) is 0.340. The van der Waals surface area contributed by atoms with Crippen LogP contribution in [-0.4, -0.2) is 27.3 Å². The Hall–Kier alpha value is -4.52. The average molecular weight is 453 g/mol. The van der Waals surface area contributed by atoms with Gasteiger partial charge in [-0.1, -0.05) is 42.5 Å². The number of carbonyl (C=O) groups is 2. The van der Waals surface area contributed by atoms with Gasteiger partial charge in [0.05, 0.1) is 24.2 Å². The number of carboxylic acids is 1. The molecule has 0 fully saturated rings. The Bertz CT molecular complexity index is 1530. The Morgan fingerprint density at radius 2 is 1.68 bits per heavy atom. The third-order valence-electron chi connectivity index (χ3n) is 5.77. The van der Waals surface area contributed by atoms with Crippen molar-refractivity contribution in [3.63, 3.8) is 0 Å². The predicted octanol–water partition coefficient (Wildman–Crippen LogP) is 5.30. The number of carbonyl (C=O) groups excluding carboxylic acids is 1. The van der Waals surface area contributed by atoms with E-state index >= 15 is 0 Å². The first kappa shape index (κ1) is 21.3. The number of nitrogens with zero attached hydrogens (tertiary/aromatic N) is 3. The van der Waals surface area contributed by atoms with E-state index in [-0.39, 0.29) is 6.42 Å². The topological polar surface area (TPSA) is 75.4 Å². The molecule has 0 atom stereocenters. The minimum absolute atomic E-state index is 0.286. The second kappa shape index (κ2) is 8.78. The van der Waals surface area contributed by atoms with Gasteiger partial charge in [0.1, 0.15) is 5.82 Å². The highest BCUT2D eigenvalue weighted by atomic mass is 19.1. The van der Waals surface area contributed by atoms with Crippen molar-refractivity contribution in [3.8, 4) is 0 Å². The number of benzene rings is 4. The van der Waals surface area contributed by atoms with Crippen LogP contribution in [-0.2, 0) is 22.6 Å². The number of rotatable bonds is 7. The number of aliphatic carboxylic acids is 1. The van der Waals surface area contributed by atoms with Gasteiger partial charge in [-0.15, -0.1) is 0 Å². The van der Waals surface area contributed by atoms with Gasteiger partial charge in [-0.25, -0.2) is 4.39 Å². The summed E-state index contributed by atoms with van der Waals surface area (Å²) < 4.78 is 15.4. The summed E-state index contributed by atoms with van der Waals surface area (Å²) in [5, 5.41) is 16.2. The maximum absolute atomic E-state index is 13.8. The van der Waals surface area contributed by atoms with E-state index in [1.807, 2.05) is 66.7 Å². The van der Waals surface area contributed by atoms with Crippen LogP contribution in [0.3, 0.4) is 0 Å². The minimum Gasteiger partial charge on any atom is -0.481 e. The molecule has 34 heavy (non-hydrogen) atoms. The zero-order valence-electron chi connectivity index (χ0n) is 18.1. The third-order valence-corrected chi connectivity index (χ3v) is 5.77. The molecule has 0 aliphatic heterocycles. The molecule has 0 bridgehead atoms. The van der Waals surface area contributed by atoms with Crippen molar-refractivity contribution in [2.24, 2.45) is 0 Å². The first-order valence-electron chi connectivity index (χ1n) is 10.7. The van der Waals surface area contributed by atoms with Gasteiger partial charge >= 0.3 is 5.97 Å². The van der Waals surface area contributed by atoms with Gasteiger partial charge in [0.15, 0.2) is 0 Å². The van der Waals surface area contributed by atoms with Crippen LogP contribution in [0.2, 0.25) is 0 Å². The summed E-state index contributed by atoms with van der Waals surface area (Å²) in [7, 11) is 0. The minimum atomic E-state index is -1.03. The van der Waals surface area contributed by atoms with Crippen molar-refractivity contribution in [3.05, 3.63) is 102 Å². The Balaban J connectivity index is 1.43. The average Bonchev–Trinajstić information content (AvgIpc) is 3.16. The SMILES string of the molecule is O=CN(c1ccc(Cn2nc(CC(=O)O)c3cc(F)ccc32)cc1)c1ccc2ccccc2c1. The second-order valence-electron chi connectivity index (χ2n) is 8.01. The molecule has 0 spiro atoms. The molecular formula is C27H20FN3O3. The zero-order valence-corrected chi connectivity index (χ0v) is 18.1. The van der Waals surface area contributed by atoms with Crippen LogP contribution < -0.4 is 4.90 Å². The smallest absolute Gasteiger partial charge is 0.309 e. The third kappa shape index (κ3) is 4.11. The monoisotopic (exact) mass is 453 g/mol. The number of halogens is 1. The standard InChI is InChI=1S/C27H20FN3O3/c28-21-8-12-26-24(14-21)25(15-27(33)34)29-31(26)16-18-5-9-22(10-6-18)30(17-32)23-11-7-19-3-1-2-4-20(19)13-23/h1-14,17H,15-16H2,(H,33,34). The van der Waals surface area contributed by atoms with Crippen LogP contribution in [0.5, 0.6) is 0 Å². The van der Waals surface area contributed by atoms with Crippen LogP contribution in [0.1, 0.15) is 11.3 Å². The van der Waals surface area contributed by atoms with Crippen LogP contribution >= 0.6 is 0 Å². The molecule has 0 saturated heterocycles. The Labute approximate surface area is 194 Å². The molecule has 0 unspecified atom stereocenters. The molecule has 4 aromatic carbocycles. The largest absolute Gasteiger partial charge is 0.481 e. The van der Waals surface area contributed by atoms with Crippen LogP contribution in [0.25, 0.3) is 21.7 Å². The van der Waals surface area contributed by atoms with Gasteiger partial charge < -0.3 is 5.11 Å². The van der Waals surface area contributed by atoms with E-state index in [2.05, 4.69) is 5.10 Å². The lowest BCUT2D eigenvalue weighted by molar-refractivity contribution is -0.136. The maximum atomic E-state index is 13.8. The molecule has 5 aromatic rings. The summed E-state index contributed by atoms with van der Waals surface area (Å²) in [5.41, 5.74) is 3.37. The predicted molar refractivity (Wildman–Crippen MR) is 129 cm³/mol. The van der Waals surface area contributed by atoms with Crippen molar-refractivity contribution < 1.29 is 19.1 Å². The number of hydrogen-bond donors (Lipinski definition) is 1. The fourth-order valence-corrected chi connectivity index (χ4v) is 4.14. The van der Waals surface area contributed by atoms with Crippen molar-refractivity contribution >= 4 is 45.4 Å². The highest BCUT2D eigenvalue weighted by molar-refractivity contribution is 5.93. The van der Waals surface area contributed by atoms with E-state index in [0.717, 1.165) is 28.4 Å². The van der Waals surface area contributed by atoms with Gasteiger partial charge in [-0.3, -0.25) is 19.2 Å². The summed E-state index contributed by atoms with van der Waals surface area (Å²) in [6, 6.07) is 25.5. The molecule has 5 rings (SSSR count). The number of amides is 1. The number of anilines is 2. The van der Waals surface area contributed by atoms with Crippen LogP contribution in [0, 0.1) is 5.82 Å². The molecule has 1 heterocycles. The lowest BCUT2D eigenvalue weighted by Gasteiger charge is -2.18. The van der Waals surface area contributed by atoms with Gasteiger partial charge in [0, 0.05) is 16.8 Å². The summed E-state index contributed by atoms with van der Waals surface area (Å²) in [4.78, 5) is 24.7. The molecule has 0 aliphatic rings.